The molecule has 0 aliphatic heterocycles. The molecule has 0 radical (unpaired) electrons. The Bertz CT molecular complexity index is 781. The van der Waals surface area contributed by atoms with Crippen LogP contribution in [0.4, 0.5) is 0 Å². The van der Waals surface area contributed by atoms with Gasteiger partial charge in [0.05, 0.1) is 17.9 Å². The van der Waals surface area contributed by atoms with Crippen LogP contribution in [0.5, 0.6) is 0 Å². The van der Waals surface area contributed by atoms with Gasteiger partial charge in [-0.2, -0.15) is 10.2 Å². The van der Waals surface area contributed by atoms with E-state index in [0.717, 1.165) is 10.9 Å². The maximum Gasteiger partial charge on any atom is 0.356 e. The van der Waals surface area contributed by atoms with Crippen molar-refractivity contribution in [3.8, 4) is 5.69 Å². The summed E-state index contributed by atoms with van der Waals surface area (Å²) in [5.41, 5.74) is 1.95. The molecule has 2 heterocycles. The van der Waals surface area contributed by atoms with Crippen LogP contribution in [-0.4, -0.2) is 31.1 Å². The molecule has 0 unspecified atom stereocenters. The van der Waals surface area contributed by atoms with Crippen molar-refractivity contribution in [2.75, 3.05) is 0 Å². The van der Waals surface area contributed by atoms with Crippen LogP contribution in [0.2, 0.25) is 0 Å². The second kappa shape index (κ2) is 4.73. The Kier molecular flexibility index (Phi) is 2.90. The summed E-state index contributed by atoms with van der Waals surface area (Å²) in [5, 5.41) is 18.4. The molecule has 0 fully saturated rings. The van der Waals surface area contributed by atoms with Crippen molar-refractivity contribution < 1.29 is 9.90 Å². The number of aromatic carboxylic acids is 1. The molecule has 0 aliphatic carbocycles. The minimum Gasteiger partial charge on any atom is -0.476 e. The molecule has 0 amide bonds. The molecule has 2 aromatic heterocycles. The lowest BCUT2D eigenvalue weighted by molar-refractivity contribution is 0.0690. The predicted molar refractivity (Wildman–Crippen MR) is 73.0 cm³/mol. The standard InChI is InChI=1S/C14H12N4O2/c1-2-9-10-5-3-4-6-11(10)17-12(14(19)20)13(9)18-15-7-8-16-18/h3-8H,2H2,1H3,(H,19,20). The Labute approximate surface area is 114 Å². The van der Waals surface area contributed by atoms with Crippen LogP contribution in [0.1, 0.15) is 23.0 Å². The Morgan fingerprint density at radius 3 is 2.60 bits per heavy atom. The van der Waals surface area contributed by atoms with Crippen LogP contribution < -0.4 is 0 Å². The number of hydrogen-bond donors (Lipinski definition) is 1. The van der Waals surface area contributed by atoms with Gasteiger partial charge in [-0.1, -0.05) is 25.1 Å². The van der Waals surface area contributed by atoms with Crippen molar-refractivity contribution in [2.45, 2.75) is 13.3 Å². The van der Waals surface area contributed by atoms with Crippen molar-refractivity contribution in [1.82, 2.24) is 20.0 Å². The summed E-state index contributed by atoms with van der Waals surface area (Å²) in [7, 11) is 0. The summed E-state index contributed by atoms with van der Waals surface area (Å²) < 4.78 is 0. The summed E-state index contributed by atoms with van der Waals surface area (Å²) in [5.74, 6) is -1.09. The number of para-hydroxylation sites is 1. The molecule has 3 rings (SSSR count). The van der Waals surface area contributed by atoms with E-state index in [2.05, 4.69) is 15.2 Å². The third kappa shape index (κ3) is 1.82. The number of benzene rings is 1. The molecule has 6 heteroatoms. The highest BCUT2D eigenvalue weighted by Gasteiger charge is 2.21. The molecule has 6 nitrogen and oxygen atoms in total. The van der Waals surface area contributed by atoms with E-state index in [-0.39, 0.29) is 5.69 Å². The predicted octanol–water partition coefficient (Wildman–Crippen LogP) is 2.08. The Balaban J connectivity index is 2.46. The van der Waals surface area contributed by atoms with Crippen molar-refractivity contribution in [1.29, 1.82) is 0 Å². The molecular formula is C14H12N4O2. The first-order valence-corrected chi connectivity index (χ1v) is 6.24. The molecule has 3 aromatic rings. The second-order valence-electron chi connectivity index (χ2n) is 4.28. The lowest BCUT2D eigenvalue weighted by Crippen LogP contribution is -2.13. The summed E-state index contributed by atoms with van der Waals surface area (Å²) in [6.45, 7) is 1.97. The summed E-state index contributed by atoms with van der Waals surface area (Å²) in [4.78, 5) is 17.1. The van der Waals surface area contributed by atoms with E-state index in [1.807, 2.05) is 25.1 Å². The number of carboxylic acid groups (broad SMARTS) is 1. The minimum absolute atomic E-state index is 0.0308. The third-order valence-electron chi connectivity index (χ3n) is 3.15. The summed E-state index contributed by atoms with van der Waals surface area (Å²) in [6, 6.07) is 7.48. The first kappa shape index (κ1) is 12.3. The van der Waals surface area contributed by atoms with Gasteiger partial charge in [-0.3, -0.25) is 0 Å². The minimum atomic E-state index is -1.09. The van der Waals surface area contributed by atoms with E-state index >= 15 is 0 Å². The molecule has 0 saturated carbocycles. The van der Waals surface area contributed by atoms with Gasteiger partial charge < -0.3 is 5.11 Å². The molecule has 100 valence electrons. The number of nitrogens with zero attached hydrogens (tertiary/aromatic N) is 4. The fourth-order valence-electron chi connectivity index (χ4n) is 2.32. The van der Waals surface area contributed by atoms with Gasteiger partial charge in [-0.25, -0.2) is 9.78 Å². The lowest BCUT2D eigenvalue weighted by atomic mass is 10.0. The van der Waals surface area contributed by atoms with E-state index in [0.29, 0.717) is 17.6 Å². The fraction of sp³-hybridized carbons (Fsp3) is 0.143. The van der Waals surface area contributed by atoms with Crippen molar-refractivity contribution in [2.24, 2.45) is 0 Å². The summed E-state index contributed by atoms with van der Waals surface area (Å²) >= 11 is 0. The van der Waals surface area contributed by atoms with Crippen LogP contribution in [-0.2, 0) is 6.42 Å². The first-order chi connectivity index (χ1) is 9.72. The van der Waals surface area contributed by atoms with Gasteiger partial charge in [0.2, 0.25) is 0 Å². The van der Waals surface area contributed by atoms with Gasteiger partial charge in [0, 0.05) is 5.39 Å². The molecule has 0 aliphatic rings. The van der Waals surface area contributed by atoms with Crippen LogP contribution in [0, 0.1) is 0 Å². The Hall–Kier alpha value is -2.76. The van der Waals surface area contributed by atoms with E-state index in [1.54, 1.807) is 6.07 Å². The highest BCUT2D eigenvalue weighted by Crippen LogP contribution is 2.26. The Morgan fingerprint density at radius 2 is 1.95 bits per heavy atom. The fourth-order valence-corrected chi connectivity index (χ4v) is 2.32. The molecule has 1 N–H and O–H groups in total. The van der Waals surface area contributed by atoms with Crippen molar-refractivity contribution >= 4 is 16.9 Å². The number of fused-ring (bicyclic) bond motifs is 1. The van der Waals surface area contributed by atoms with Gasteiger partial charge in [0.15, 0.2) is 5.69 Å². The SMILES string of the molecule is CCc1c(-n2nccn2)c(C(=O)O)nc2ccccc12. The zero-order valence-corrected chi connectivity index (χ0v) is 10.8. The van der Waals surface area contributed by atoms with Gasteiger partial charge in [-0.15, -0.1) is 4.80 Å². The van der Waals surface area contributed by atoms with Crippen molar-refractivity contribution in [3.63, 3.8) is 0 Å². The monoisotopic (exact) mass is 268 g/mol. The Morgan fingerprint density at radius 1 is 1.25 bits per heavy atom. The maximum absolute atomic E-state index is 11.5. The molecular weight excluding hydrogens is 256 g/mol. The average Bonchev–Trinajstić information content (AvgIpc) is 2.98. The normalized spacial score (nSPS) is 10.8. The molecule has 1 aromatic carbocycles. The quantitative estimate of drug-likeness (QED) is 0.786. The van der Waals surface area contributed by atoms with Gasteiger partial charge in [-0.05, 0) is 18.1 Å². The smallest absolute Gasteiger partial charge is 0.356 e. The number of pyridine rings is 1. The zero-order valence-electron chi connectivity index (χ0n) is 10.8. The highest BCUT2D eigenvalue weighted by molar-refractivity contribution is 5.96. The van der Waals surface area contributed by atoms with E-state index in [1.165, 1.54) is 17.2 Å². The lowest BCUT2D eigenvalue weighted by Gasteiger charge is -2.13. The highest BCUT2D eigenvalue weighted by atomic mass is 16.4. The van der Waals surface area contributed by atoms with Crippen molar-refractivity contribution in [3.05, 3.63) is 47.9 Å². The zero-order chi connectivity index (χ0) is 14.1. The van der Waals surface area contributed by atoms with Gasteiger partial charge in [0.25, 0.3) is 0 Å². The number of aromatic nitrogens is 4. The van der Waals surface area contributed by atoms with E-state index in [9.17, 15) is 9.90 Å². The molecule has 0 atom stereocenters. The molecule has 0 spiro atoms. The number of carbonyl (C=O) groups is 1. The van der Waals surface area contributed by atoms with Crippen LogP contribution >= 0.6 is 0 Å². The number of aryl methyl sites for hydroxylation is 1. The maximum atomic E-state index is 11.5. The molecule has 20 heavy (non-hydrogen) atoms. The molecule has 0 bridgehead atoms. The second-order valence-corrected chi connectivity index (χ2v) is 4.28. The third-order valence-corrected chi connectivity index (χ3v) is 3.15. The largest absolute Gasteiger partial charge is 0.476 e. The van der Waals surface area contributed by atoms with Gasteiger partial charge in [0.1, 0.15) is 5.69 Å². The van der Waals surface area contributed by atoms with Gasteiger partial charge >= 0.3 is 5.97 Å². The number of rotatable bonds is 3. The van der Waals surface area contributed by atoms with E-state index < -0.39 is 5.97 Å². The average molecular weight is 268 g/mol. The van der Waals surface area contributed by atoms with Crippen LogP contribution in [0.3, 0.4) is 0 Å². The number of carboxylic acids is 1. The van der Waals surface area contributed by atoms with Crippen LogP contribution in [0.15, 0.2) is 36.7 Å². The van der Waals surface area contributed by atoms with Crippen LogP contribution in [0.25, 0.3) is 16.6 Å². The number of hydrogen-bond acceptors (Lipinski definition) is 4. The van der Waals surface area contributed by atoms with E-state index in [4.69, 9.17) is 0 Å². The summed E-state index contributed by atoms with van der Waals surface area (Å²) in [6.07, 6.45) is 3.70. The first-order valence-electron chi connectivity index (χ1n) is 6.24. The molecule has 0 saturated heterocycles. The topological polar surface area (TPSA) is 80.9 Å².